The first-order valence-electron chi connectivity index (χ1n) is 15.2. The van der Waals surface area contributed by atoms with Gasteiger partial charge < -0.3 is 9.55 Å². The van der Waals surface area contributed by atoms with Crippen molar-refractivity contribution in [1.29, 1.82) is 0 Å². The van der Waals surface area contributed by atoms with E-state index in [1.165, 1.54) is 36.4 Å². The van der Waals surface area contributed by atoms with Crippen LogP contribution >= 0.6 is 46.4 Å². The largest absolute Gasteiger partial charge is 0.355 e. The molecule has 5 aromatic carbocycles. The van der Waals surface area contributed by atoms with E-state index >= 15 is 0 Å². The highest BCUT2D eigenvalue weighted by molar-refractivity contribution is 7.92. The monoisotopic (exact) mass is 784 g/mol. The van der Waals surface area contributed by atoms with E-state index in [2.05, 4.69) is 15.8 Å². The van der Waals surface area contributed by atoms with Crippen molar-refractivity contribution in [3.63, 3.8) is 0 Å². The lowest BCUT2D eigenvalue weighted by Crippen LogP contribution is -2.44. The molecular weight excluding hydrogens is 758 g/mol. The summed E-state index contributed by atoms with van der Waals surface area (Å²) in [4.78, 5) is 2.97. The number of aromatic nitrogens is 2. The van der Waals surface area contributed by atoms with Gasteiger partial charge in [-0.1, -0.05) is 76.7 Å². The summed E-state index contributed by atoms with van der Waals surface area (Å²) in [6.45, 7) is 1.95. The molecule has 0 spiro atoms. The van der Waals surface area contributed by atoms with E-state index in [1.54, 1.807) is 30.3 Å². The molecule has 0 aliphatic heterocycles. The van der Waals surface area contributed by atoms with Gasteiger partial charge in [-0.2, -0.15) is 0 Å². The van der Waals surface area contributed by atoms with Crippen molar-refractivity contribution in [2.75, 3.05) is 0 Å². The molecule has 50 heavy (non-hydrogen) atoms. The molecule has 2 atom stereocenters. The highest BCUT2D eigenvalue weighted by Crippen LogP contribution is 2.38. The van der Waals surface area contributed by atoms with E-state index < -0.39 is 30.4 Å². The molecule has 0 aliphatic carbocycles. The molecule has 256 valence electrons. The van der Waals surface area contributed by atoms with E-state index in [0.29, 0.717) is 11.1 Å². The first-order chi connectivity index (χ1) is 23.8. The third-order valence-electron chi connectivity index (χ3n) is 8.81. The van der Waals surface area contributed by atoms with Crippen LogP contribution in [0.2, 0.25) is 20.1 Å². The Morgan fingerprint density at radius 2 is 1.16 bits per heavy atom. The molecule has 7 rings (SSSR count). The minimum Gasteiger partial charge on any atom is -0.355 e. The van der Waals surface area contributed by atoms with E-state index in [0.717, 1.165) is 38.4 Å². The number of hydrazine groups is 1. The number of H-pyrrole nitrogens is 1. The lowest BCUT2D eigenvalue weighted by Gasteiger charge is -2.26. The standard InChI is InChI=1S/C36H28Cl4N4O4S2/c1-20-15-23-16-21(8-12-32(23)44(20)2)35(49(45,46)33-13-9-24(37)18-28(33)39)42-43-36(50(47,48)34-14-10-25(38)19-29(34)40)22-7-11-31-27(17-22)26-5-3-4-6-30(26)41-31/h3-19,35-36,41-43H,1-2H3. The third kappa shape index (κ3) is 6.18. The van der Waals surface area contributed by atoms with Crippen LogP contribution in [0.4, 0.5) is 0 Å². The van der Waals surface area contributed by atoms with E-state index in [1.807, 2.05) is 54.9 Å². The van der Waals surface area contributed by atoms with Gasteiger partial charge in [-0.3, -0.25) is 0 Å². The molecular formula is C36H28Cl4N4O4S2. The maximum absolute atomic E-state index is 14.6. The Hall–Kier alpha value is -3.58. The van der Waals surface area contributed by atoms with Crippen LogP contribution in [0, 0.1) is 6.92 Å². The number of hydrogen-bond acceptors (Lipinski definition) is 6. The van der Waals surface area contributed by atoms with Gasteiger partial charge in [0.1, 0.15) is 0 Å². The Kier molecular flexibility index (Phi) is 9.20. The quantitative estimate of drug-likeness (QED) is 0.126. The summed E-state index contributed by atoms with van der Waals surface area (Å²) < 4.78 is 60.1. The molecule has 8 nitrogen and oxygen atoms in total. The van der Waals surface area contributed by atoms with Crippen LogP contribution < -0.4 is 10.9 Å². The second-order valence-electron chi connectivity index (χ2n) is 11.9. The van der Waals surface area contributed by atoms with Crippen molar-refractivity contribution in [1.82, 2.24) is 20.4 Å². The normalized spacial score (nSPS) is 13.7. The van der Waals surface area contributed by atoms with Crippen LogP contribution in [0.15, 0.2) is 113 Å². The average molecular weight is 787 g/mol. The van der Waals surface area contributed by atoms with Crippen LogP contribution in [-0.2, 0) is 26.7 Å². The van der Waals surface area contributed by atoms with Crippen LogP contribution in [0.1, 0.15) is 27.6 Å². The van der Waals surface area contributed by atoms with Crippen molar-refractivity contribution in [3.8, 4) is 0 Å². The number of nitrogens with one attached hydrogen (secondary N) is 3. The summed E-state index contributed by atoms with van der Waals surface area (Å²) in [5, 5.41) is -0.213. The number of halogens is 4. The number of hydrogen-bond donors (Lipinski definition) is 3. The van der Waals surface area contributed by atoms with Crippen molar-refractivity contribution in [2.24, 2.45) is 7.05 Å². The number of rotatable bonds is 9. The predicted molar refractivity (Wildman–Crippen MR) is 203 cm³/mol. The maximum atomic E-state index is 14.6. The molecule has 0 fully saturated rings. The molecule has 0 saturated heterocycles. The molecule has 0 aliphatic rings. The van der Waals surface area contributed by atoms with Crippen molar-refractivity contribution in [3.05, 3.63) is 140 Å². The molecule has 2 aromatic heterocycles. The summed E-state index contributed by atoms with van der Waals surface area (Å²) in [5.41, 5.74) is 10.0. The second-order valence-corrected chi connectivity index (χ2v) is 17.6. The fourth-order valence-electron chi connectivity index (χ4n) is 6.20. The third-order valence-corrected chi connectivity index (χ3v) is 14.1. The van der Waals surface area contributed by atoms with Gasteiger partial charge in [0.25, 0.3) is 0 Å². The number of sulfone groups is 2. The summed E-state index contributed by atoms with van der Waals surface area (Å²) in [6, 6.07) is 28.3. The molecule has 14 heteroatoms. The summed E-state index contributed by atoms with van der Waals surface area (Å²) in [7, 11) is -6.79. The molecule has 7 aromatic rings. The number of aryl methyl sites for hydroxylation is 2. The van der Waals surface area contributed by atoms with Crippen LogP contribution in [0.5, 0.6) is 0 Å². The zero-order valence-corrected chi connectivity index (χ0v) is 31.0. The van der Waals surface area contributed by atoms with Gasteiger partial charge in [-0.15, -0.1) is 0 Å². The fourth-order valence-corrected chi connectivity index (χ4v) is 10.8. The van der Waals surface area contributed by atoms with E-state index in [4.69, 9.17) is 46.4 Å². The van der Waals surface area contributed by atoms with Crippen molar-refractivity contribution in [2.45, 2.75) is 27.5 Å². The first-order valence-corrected chi connectivity index (χ1v) is 19.8. The Morgan fingerprint density at radius 1 is 0.620 bits per heavy atom. The molecule has 0 saturated carbocycles. The highest BCUT2D eigenvalue weighted by Gasteiger charge is 2.36. The second kappa shape index (κ2) is 13.2. The smallest absolute Gasteiger partial charge is 0.201 e. The Balaban J connectivity index is 1.39. The summed E-state index contributed by atoms with van der Waals surface area (Å²) in [6.07, 6.45) is 0. The maximum Gasteiger partial charge on any atom is 0.201 e. The van der Waals surface area contributed by atoms with Gasteiger partial charge in [-0.25, -0.2) is 27.7 Å². The molecule has 0 amide bonds. The van der Waals surface area contributed by atoms with Gasteiger partial charge in [0.2, 0.25) is 19.7 Å². The van der Waals surface area contributed by atoms with Gasteiger partial charge in [0.15, 0.2) is 10.7 Å². The van der Waals surface area contributed by atoms with Crippen molar-refractivity contribution < 1.29 is 16.8 Å². The molecule has 3 N–H and O–H groups in total. The minimum absolute atomic E-state index is 0.0807. The summed E-state index contributed by atoms with van der Waals surface area (Å²) in [5.74, 6) is 0. The Morgan fingerprint density at radius 3 is 1.76 bits per heavy atom. The van der Waals surface area contributed by atoms with Crippen molar-refractivity contribution >= 4 is 98.8 Å². The topological polar surface area (TPSA) is 113 Å². The number of fused-ring (bicyclic) bond motifs is 4. The van der Waals surface area contributed by atoms with Gasteiger partial charge in [0.05, 0.1) is 19.8 Å². The Labute approximate surface area is 308 Å². The number of aromatic amines is 1. The summed E-state index contributed by atoms with van der Waals surface area (Å²) >= 11 is 25.2. The molecule has 0 radical (unpaired) electrons. The molecule has 2 heterocycles. The van der Waals surface area contributed by atoms with Gasteiger partial charge in [0, 0.05) is 55.5 Å². The number of nitrogens with zero attached hydrogens (tertiary/aromatic N) is 1. The minimum atomic E-state index is -4.36. The van der Waals surface area contributed by atoms with Crippen LogP contribution in [0.25, 0.3) is 32.7 Å². The zero-order valence-electron chi connectivity index (χ0n) is 26.4. The van der Waals surface area contributed by atoms with Crippen LogP contribution in [-0.4, -0.2) is 26.4 Å². The van der Waals surface area contributed by atoms with Gasteiger partial charge in [-0.05, 0) is 90.8 Å². The highest BCUT2D eigenvalue weighted by atomic mass is 35.5. The predicted octanol–water partition coefficient (Wildman–Crippen LogP) is 9.47. The fraction of sp³-hybridized carbons (Fsp3) is 0.111. The molecule has 0 bridgehead atoms. The van der Waals surface area contributed by atoms with E-state index in [-0.39, 0.29) is 29.9 Å². The average Bonchev–Trinajstić information content (AvgIpc) is 3.57. The van der Waals surface area contributed by atoms with Crippen LogP contribution in [0.3, 0.4) is 0 Å². The lowest BCUT2D eigenvalue weighted by atomic mass is 10.1. The SMILES string of the molecule is Cc1cc2cc(C(NNC(c3ccc4[nH]c5ccccc5c4c3)S(=O)(=O)c3ccc(Cl)cc3Cl)S(=O)(=O)c3ccc(Cl)cc3Cl)ccc2n1C. The van der Waals surface area contributed by atoms with Gasteiger partial charge >= 0.3 is 0 Å². The Bertz CT molecular complexity index is 2690. The van der Waals surface area contributed by atoms with E-state index in [9.17, 15) is 16.8 Å². The first kappa shape index (κ1) is 34.9. The number of para-hydroxylation sites is 1. The number of benzene rings is 5. The zero-order chi connectivity index (χ0) is 35.5. The molecule has 2 unspecified atom stereocenters. The lowest BCUT2D eigenvalue weighted by molar-refractivity contribution is 0.463.